The second-order valence-electron chi connectivity index (χ2n) is 5.64. The van der Waals surface area contributed by atoms with Crippen LogP contribution in [0.1, 0.15) is 46.5 Å². The number of hydrogen-bond acceptors (Lipinski definition) is 2. The molecule has 100 valence electrons. The summed E-state index contributed by atoms with van der Waals surface area (Å²) in [6.07, 6.45) is 4.55. The maximum absolute atomic E-state index is 11.0. The molecule has 0 spiro atoms. The highest BCUT2D eigenvalue weighted by molar-refractivity contribution is 5.72. The Morgan fingerprint density at radius 3 is 2.35 bits per heavy atom. The molecule has 0 aromatic heterocycles. The summed E-state index contributed by atoms with van der Waals surface area (Å²) < 4.78 is 0. The number of primary amides is 1. The first-order valence-corrected chi connectivity index (χ1v) is 6.79. The van der Waals surface area contributed by atoms with Crippen molar-refractivity contribution in [1.29, 1.82) is 0 Å². The summed E-state index contributed by atoms with van der Waals surface area (Å²) in [7, 11) is 0. The Kier molecular flexibility index (Phi) is 5.75. The summed E-state index contributed by atoms with van der Waals surface area (Å²) in [6, 6.07) is 0.839. The van der Waals surface area contributed by atoms with Crippen LogP contribution < -0.4 is 11.1 Å². The van der Waals surface area contributed by atoms with Gasteiger partial charge in [0.05, 0.1) is 0 Å². The molecule has 1 unspecified atom stereocenters. The average Bonchev–Trinajstić information content (AvgIpc) is 2.27. The third-order valence-electron chi connectivity index (χ3n) is 3.50. The Labute approximate surface area is 105 Å². The van der Waals surface area contributed by atoms with Gasteiger partial charge in [0.1, 0.15) is 0 Å². The van der Waals surface area contributed by atoms with Gasteiger partial charge in [0.25, 0.3) is 0 Å². The van der Waals surface area contributed by atoms with Gasteiger partial charge in [-0.2, -0.15) is 0 Å². The van der Waals surface area contributed by atoms with Gasteiger partial charge in [-0.15, -0.1) is 0 Å². The maximum Gasteiger partial charge on any atom is 0.314 e. The monoisotopic (exact) mass is 241 g/mol. The number of piperidine rings is 1. The van der Waals surface area contributed by atoms with Crippen LogP contribution >= 0.6 is 0 Å². The molecule has 1 atom stereocenters. The van der Waals surface area contributed by atoms with E-state index in [2.05, 4.69) is 26.1 Å². The molecule has 1 saturated heterocycles. The summed E-state index contributed by atoms with van der Waals surface area (Å²) in [6.45, 7) is 8.37. The number of hydrogen-bond donors (Lipinski definition) is 2. The molecule has 0 radical (unpaired) electrons. The highest BCUT2D eigenvalue weighted by Crippen LogP contribution is 2.13. The van der Waals surface area contributed by atoms with Crippen molar-refractivity contribution in [1.82, 2.24) is 10.2 Å². The molecule has 1 aliphatic heterocycles. The Morgan fingerprint density at radius 2 is 1.88 bits per heavy atom. The number of amides is 2. The lowest BCUT2D eigenvalue weighted by Gasteiger charge is -2.33. The second kappa shape index (κ2) is 6.84. The molecular formula is C13H27N3O. The van der Waals surface area contributed by atoms with Crippen molar-refractivity contribution in [2.24, 2.45) is 11.7 Å². The maximum atomic E-state index is 11.0. The molecule has 1 rings (SSSR count). The fourth-order valence-electron chi connectivity index (χ4n) is 2.34. The number of likely N-dealkylation sites (tertiary alicyclic amines) is 1. The summed E-state index contributed by atoms with van der Waals surface area (Å²) in [5, 5.41) is 3.65. The Balaban J connectivity index is 2.19. The van der Waals surface area contributed by atoms with Crippen LogP contribution in [0.3, 0.4) is 0 Å². The topological polar surface area (TPSA) is 58.4 Å². The molecule has 0 bridgehead atoms. The van der Waals surface area contributed by atoms with Crippen LogP contribution in [0.25, 0.3) is 0 Å². The molecule has 0 saturated carbocycles. The van der Waals surface area contributed by atoms with Crippen LogP contribution in [-0.2, 0) is 0 Å². The third-order valence-corrected chi connectivity index (χ3v) is 3.50. The van der Waals surface area contributed by atoms with Crippen LogP contribution in [0.2, 0.25) is 0 Å². The summed E-state index contributed by atoms with van der Waals surface area (Å²) in [4.78, 5) is 12.7. The van der Waals surface area contributed by atoms with Gasteiger partial charge in [-0.05, 0) is 38.5 Å². The first-order chi connectivity index (χ1) is 7.99. The number of urea groups is 1. The SMILES string of the molecule is CC(C)CCC(C)NC1CCN(C(N)=O)CC1. The van der Waals surface area contributed by atoms with Crippen molar-refractivity contribution in [3.05, 3.63) is 0 Å². The van der Waals surface area contributed by atoms with Crippen molar-refractivity contribution in [2.75, 3.05) is 13.1 Å². The molecular weight excluding hydrogens is 214 g/mol. The van der Waals surface area contributed by atoms with Crippen molar-refractivity contribution < 1.29 is 4.79 Å². The molecule has 0 aromatic carbocycles. The van der Waals surface area contributed by atoms with Gasteiger partial charge in [0.2, 0.25) is 0 Å². The molecule has 4 heteroatoms. The Hall–Kier alpha value is -0.770. The molecule has 3 N–H and O–H groups in total. The molecule has 2 amide bonds. The Morgan fingerprint density at radius 1 is 1.29 bits per heavy atom. The predicted molar refractivity (Wildman–Crippen MR) is 70.8 cm³/mol. The van der Waals surface area contributed by atoms with Crippen molar-refractivity contribution in [3.63, 3.8) is 0 Å². The summed E-state index contributed by atoms with van der Waals surface area (Å²) in [5.74, 6) is 0.774. The summed E-state index contributed by atoms with van der Waals surface area (Å²) in [5.41, 5.74) is 5.26. The number of carbonyl (C=O) groups is 1. The number of rotatable bonds is 5. The molecule has 0 aromatic rings. The van der Waals surface area contributed by atoms with Gasteiger partial charge in [0, 0.05) is 25.2 Å². The fraction of sp³-hybridized carbons (Fsp3) is 0.923. The van der Waals surface area contributed by atoms with E-state index in [0.29, 0.717) is 12.1 Å². The molecule has 17 heavy (non-hydrogen) atoms. The third kappa shape index (κ3) is 5.39. The number of nitrogens with two attached hydrogens (primary N) is 1. The van der Waals surface area contributed by atoms with Crippen LogP contribution in [0, 0.1) is 5.92 Å². The number of nitrogens with one attached hydrogen (secondary N) is 1. The highest BCUT2D eigenvalue weighted by atomic mass is 16.2. The van der Waals surface area contributed by atoms with Crippen molar-refractivity contribution in [2.45, 2.75) is 58.5 Å². The Bertz CT molecular complexity index is 235. The zero-order valence-electron chi connectivity index (χ0n) is 11.4. The molecule has 4 nitrogen and oxygen atoms in total. The smallest absolute Gasteiger partial charge is 0.314 e. The van der Waals surface area contributed by atoms with E-state index >= 15 is 0 Å². The summed E-state index contributed by atoms with van der Waals surface area (Å²) >= 11 is 0. The second-order valence-corrected chi connectivity index (χ2v) is 5.64. The van der Waals surface area contributed by atoms with Gasteiger partial charge in [-0.25, -0.2) is 4.79 Å². The molecule has 1 fully saturated rings. The van der Waals surface area contributed by atoms with Crippen molar-refractivity contribution >= 4 is 6.03 Å². The van der Waals surface area contributed by atoms with E-state index in [1.807, 2.05) is 0 Å². The van der Waals surface area contributed by atoms with Crippen LogP contribution in [-0.4, -0.2) is 36.1 Å². The van der Waals surface area contributed by atoms with Crippen LogP contribution in [0.4, 0.5) is 4.79 Å². The van der Waals surface area contributed by atoms with E-state index in [1.54, 1.807) is 4.90 Å². The van der Waals surface area contributed by atoms with Crippen LogP contribution in [0.5, 0.6) is 0 Å². The van der Waals surface area contributed by atoms with E-state index in [9.17, 15) is 4.79 Å². The quantitative estimate of drug-likeness (QED) is 0.773. The lowest BCUT2D eigenvalue weighted by Crippen LogP contribution is -2.48. The minimum absolute atomic E-state index is 0.281. The van der Waals surface area contributed by atoms with Gasteiger partial charge < -0.3 is 16.0 Å². The molecule has 1 aliphatic rings. The fourth-order valence-corrected chi connectivity index (χ4v) is 2.34. The normalized spacial score (nSPS) is 19.6. The first kappa shape index (κ1) is 14.3. The van der Waals surface area contributed by atoms with Crippen LogP contribution in [0.15, 0.2) is 0 Å². The standard InChI is InChI=1S/C13H27N3O/c1-10(2)4-5-11(3)15-12-6-8-16(9-7-12)13(14)17/h10-12,15H,4-9H2,1-3H3,(H2,14,17). The van der Waals surface area contributed by atoms with E-state index in [1.165, 1.54) is 12.8 Å². The number of carbonyl (C=O) groups excluding carboxylic acids is 1. The number of nitrogens with zero attached hydrogens (tertiary/aromatic N) is 1. The highest BCUT2D eigenvalue weighted by Gasteiger charge is 2.21. The predicted octanol–water partition coefficient (Wildman–Crippen LogP) is 1.94. The molecule has 1 heterocycles. The minimum atomic E-state index is -0.281. The zero-order chi connectivity index (χ0) is 12.8. The van der Waals surface area contributed by atoms with E-state index in [0.717, 1.165) is 31.8 Å². The van der Waals surface area contributed by atoms with E-state index < -0.39 is 0 Å². The van der Waals surface area contributed by atoms with E-state index in [4.69, 9.17) is 5.73 Å². The van der Waals surface area contributed by atoms with Gasteiger partial charge in [-0.3, -0.25) is 0 Å². The van der Waals surface area contributed by atoms with Gasteiger partial charge in [0.15, 0.2) is 0 Å². The van der Waals surface area contributed by atoms with Crippen molar-refractivity contribution in [3.8, 4) is 0 Å². The lowest BCUT2D eigenvalue weighted by atomic mass is 10.0. The average molecular weight is 241 g/mol. The zero-order valence-corrected chi connectivity index (χ0v) is 11.4. The van der Waals surface area contributed by atoms with Gasteiger partial charge >= 0.3 is 6.03 Å². The minimum Gasteiger partial charge on any atom is -0.351 e. The van der Waals surface area contributed by atoms with Gasteiger partial charge in [-0.1, -0.05) is 13.8 Å². The first-order valence-electron chi connectivity index (χ1n) is 6.79. The molecule has 0 aliphatic carbocycles. The largest absolute Gasteiger partial charge is 0.351 e. The lowest BCUT2D eigenvalue weighted by molar-refractivity contribution is 0.182. The van der Waals surface area contributed by atoms with E-state index in [-0.39, 0.29) is 6.03 Å².